The molecule has 0 aliphatic carbocycles. The van der Waals surface area contributed by atoms with Crippen LogP contribution in [0.5, 0.6) is 0 Å². The average Bonchev–Trinajstić information content (AvgIpc) is 3.34. The van der Waals surface area contributed by atoms with Crippen LogP contribution < -0.4 is 0 Å². The second-order valence-corrected chi connectivity index (χ2v) is 6.97. The summed E-state index contributed by atoms with van der Waals surface area (Å²) in [5, 5.41) is 4.15. The van der Waals surface area contributed by atoms with Gasteiger partial charge in [-0.2, -0.15) is 4.98 Å². The molecule has 0 bridgehead atoms. The van der Waals surface area contributed by atoms with Crippen LogP contribution in [0.3, 0.4) is 0 Å². The van der Waals surface area contributed by atoms with Crippen LogP contribution in [0.15, 0.2) is 34.9 Å². The number of benzene rings is 1. The quantitative estimate of drug-likeness (QED) is 0.832. The molecule has 134 valence electrons. The minimum absolute atomic E-state index is 0.148. The summed E-state index contributed by atoms with van der Waals surface area (Å²) in [6.07, 6.45) is 2.86. The van der Waals surface area contributed by atoms with Crippen molar-refractivity contribution in [2.75, 3.05) is 39.3 Å². The summed E-state index contributed by atoms with van der Waals surface area (Å²) >= 11 is 0. The molecular formula is C19H26N4O2. The highest BCUT2D eigenvalue weighted by Gasteiger charge is 2.27. The van der Waals surface area contributed by atoms with Crippen LogP contribution in [0.4, 0.5) is 0 Å². The highest BCUT2D eigenvalue weighted by Crippen LogP contribution is 2.24. The van der Waals surface area contributed by atoms with Crippen molar-refractivity contribution in [3.8, 4) is 11.4 Å². The summed E-state index contributed by atoms with van der Waals surface area (Å²) in [7, 11) is 0. The molecule has 2 atom stereocenters. The first kappa shape index (κ1) is 16.7. The highest BCUT2D eigenvalue weighted by molar-refractivity contribution is 5.53. The van der Waals surface area contributed by atoms with Gasteiger partial charge in [-0.1, -0.05) is 35.5 Å². The molecule has 1 aromatic carbocycles. The van der Waals surface area contributed by atoms with Gasteiger partial charge in [0.05, 0.1) is 12.1 Å². The predicted octanol–water partition coefficient (Wildman–Crippen LogP) is 2.59. The molecule has 6 nitrogen and oxygen atoms in total. The van der Waals surface area contributed by atoms with E-state index in [9.17, 15) is 0 Å². The largest absolute Gasteiger partial charge is 0.377 e. The number of hydrogen-bond acceptors (Lipinski definition) is 6. The fraction of sp³-hybridized carbons (Fsp3) is 0.579. The zero-order valence-electron chi connectivity index (χ0n) is 14.8. The van der Waals surface area contributed by atoms with Gasteiger partial charge in [-0.05, 0) is 19.8 Å². The van der Waals surface area contributed by atoms with E-state index in [1.807, 2.05) is 30.3 Å². The number of ether oxygens (including phenoxy) is 1. The average molecular weight is 342 g/mol. The first-order chi connectivity index (χ1) is 12.3. The lowest BCUT2D eigenvalue weighted by molar-refractivity contribution is 0.0379. The Morgan fingerprint density at radius 2 is 1.96 bits per heavy atom. The summed E-state index contributed by atoms with van der Waals surface area (Å²) in [6.45, 7) is 8.35. The monoisotopic (exact) mass is 342 g/mol. The van der Waals surface area contributed by atoms with Crippen molar-refractivity contribution < 1.29 is 9.26 Å². The van der Waals surface area contributed by atoms with E-state index < -0.39 is 0 Å². The van der Waals surface area contributed by atoms with Crippen molar-refractivity contribution in [3.63, 3.8) is 0 Å². The number of piperazine rings is 1. The predicted molar refractivity (Wildman–Crippen MR) is 95.1 cm³/mol. The lowest BCUT2D eigenvalue weighted by Gasteiger charge is -2.37. The van der Waals surface area contributed by atoms with Crippen molar-refractivity contribution >= 4 is 0 Å². The van der Waals surface area contributed by atoms with Gasteiger partial charge < -0.3 is 9.26 Å². The van der Waals surface area contributed by atoms with Crippen LogP contribution in [0.1, 0.15) is 31.7 Å². The van der Waals surface area contributed by atoms with E-state index in [0.29, 0.717) is 17.8 Å². The van der Waals surface area contributed by atoms with Gasteiger partial charge in [-0.3, -0.25) is 9.80 Å². The lowest BCUT2D eigenvalue weighted by Crippen LogP contribution is -2.49. The molecule has 4 rings (SSSR count). The minimum Gasteiger partial charge on any atom is -0.377 e. The first-order valence-corrected chi connectivity index (χ1v) is 9.26. The fourth-order valence-electron chi connectivity index (χ4n) is 3.68. The zero-order valence-corrected chi connectivity index (χ0v) is 14.8. The zero-order chi connectivity index (χ0) is 17.1. The van der Waals surface area contributed by atoms with Crippen LogP contribution >= 0.6 is 0 Å². The summed E-state index contributed by atoms with van der Waals surface area (Å²) in [5.41, 5.74) is 0.992. The Balaban J connectivity index is 1.33. The summed E-state index contributed by atoms with van der Waals surface area (Å²) in [6, 6.07) is 10.1. The van der Waals surface area contributed by atoms with Gasteiger partial charge >= 0.3 is 0 Å². The molecule has 0 spiro atoms. The first-order valence-electron chi connectivity index (χ1n) is 9.26. The third-order valence-electron chi connectivity index (χ3n) is 5.27. The third kappa shape index (κ3) is 3.92. The summed E-state index contributed by atoms with van der Waals surface area (Å²) < 4.78 is 11.3. The van der Waals surface area contributed by atoms with Gasteiger partial charge in [-0.25, -0.2) is 0 Å². The maximum absolute atomic E-state index is 5.76. The molecule has 0 N–H and O–H groups in total. The van der Waals surface area contributed by atoms with E-state index in [1.54, 1.807) is 0 Å². The van der Waals surface area contributed by atoms with Gasteiger partial charge in [0.25, 0.3) is 0 Å². The van der Waals surface area contributed by atoms with Gasteiger partial charge in [0.15, 0.2) is 0 Å². The molecule has 6 heteroatoms. The van der Waals surface area contributed by atoms with Gasteiger partial charge in [0.2, 0.25) is 11.7 Å². The molecule has 2 aliphatic heterocycles. The second kappa shape index (κ2) is 7.64. The summed E-state index contributed by atoms with van der Waals surface area (Å²) in [5.74, 6) is 1.37. The molecule has 2 aliphatic rings. The molecule has 1 aromatic heterocycles. The number of nitrogens with zero attached hydrogens (tertiary/aromatic N) is 4. The Bertz CT molecular complexity index is 661. The molecule has 0 amide bonds. The SMILES string of the molecule is CC(c1nc(-c2ccccc2)no1)N1CCN(CC2CCCO2)CC1. The van der Waals surface area contributed by atoms with E-state index in [1.165, 1.54) is 12.8 Å². The Labute approximate surface area is 148 Å². The van der Waals surface area contributed by atoms with E-state index in [4.69, 9.17) is 9.26 Å². The van der Waals surface area contributed by atoms with Crippen molar-refractivity contribution in [3.05, 3.63) is 36.2 Å². The number of hydrogen-bond donors (Lipinski definition) is 0. The topological polar surface area (TPSA) is 54.6 Å². The highest BCUT2D eigenvalue weighted by atomic mass is 16.5. The normalized spacial score (nSPS) is 23.8. The molecule has 0 saturated carbocycles. The minimum atomic E-state index is 0.148. The number of aromatic nitrogens is 2. The van der Waals surface area contributed by atoms with E-state index in [-0.39, 0.29) is 6.04 Å². The molecule has 2 fully saturated rings. The maximum atomic E-state index is 5.76. The lowest BCUT2D eigenvalue weighted by atomic mass is 10.2. The standard InChI is InChI=1S/C19H26N4O2/c1-15(19-20-18(21-25-19)16-6-3-2-4-7-16)23-11-9-22(10-12-23)14-17-8-5-13-24-17/h2-4,6-7,15,17H,5,8-14H2,1H3. The van der Waals surface area contributed by atoms with Crippen LogP contribution in [-0.2, 0) is 4.74 Å². The Kier molecular flexibility index (Phi) is 5.10. The molecule has 0 radical (unpaired) electrons. The van der Waals surface area contributed by atoms with Crippen molar-refractivity contribution in [1.29, 1.82) is 0 Å². The second-order valence-electron chi connectivity index (χ2n) is 6.97. The Morgan fingerprint density at radius 3 is 2.68 bits per heavy atom. The smallest absolute Gasteiger partial charge is 0.244 e. The van der Waals surface area contributed by atoms with Crippen LogP contribution in [0.2, 0.25) is 0 Å². The molecule has 3 heterocycles. The van der Waals surface area contributed by atoms with Crippen LogP contribution in [0.25, 0.3) is 11.4 Å². The van der Waals surface area contributed by atoms with Crippen molar-refractivity contribution in [1.82, 2.24) is 19.9 Å². The van der Waals surface area contributed by atoms with Crippen LogP contribution in [-0.4, -0.2) is 65.4 Å². The van der Waals surface area contributed by atoms with E-state index in [0.717, 1.165) is 44.9 Å². The van der Waals surface area contributed by atoms with E-state index >= 15 is 0 Å². The molecule has 2 unspecified atom stereocenters. The number of rotatable bonds is 5. The Morgan fingerprint density at radius 1 is 1.16 bits per heavy atom. The van der Waals surface area contributed by atoms with Gasteiger partial charge in [0, 0.05) is 44.9 Å². The molecule has 2 aromatic rings. The third-order valence-corrected chi connectivity index (χ3v) is 5.27. The van der Waals surface area contributed by atoms with Crippen molar-refractivity contribution in [2.24, 2.45) is 0 Å². The molecule has 2 saturated heterocycles. The molecular weight excluding hydrogens is 316 g/mol. The maximum Gasteiger partial charge on any atom is 0.244 e. The van der Waals surface area contributed by atoms with Gasteiger partial charge in [0.1, 0.15) is 0 Å². The van der Waals surface area contributed by atoms with E-state index in [2.05, 4.69) is 26.9 Å². The van der Waals surface area contributed by atoms with Crippen LogP contribution in [0, 0.1) is 0 Å². The molecule has 25 heavy (non-hydrogen) atoms. The van der Waals surface area contributed by atoms with Gasteiger partial charge in [-0.15, -0.1) is 0 Å². The summed E-state index contributed by atoms with van der Waals surface area (Å²) in [4.78, 5) is 9.55. The Hall–Kier alpha value is -1.76. The fourth-order valence-corrected chi connectivity index (χ4v) is 3.68. The van der Waals surface area contributed by atoms with Crippen molar-refractivity contribution in [2.45, 2.75) is 31.9 Å².